The van der Waals surface area contributed by atoms with Gasteiger partial charge in [0.15, 0.2) is 0 Å². The largest absolute Gasteiger partial charge is 1.00 e. The summed E-state index contributed by atoms with van der Waals surface area (Å²) in [6.07, 6.45) is 13.9. The van der Waals surface area contributed by atoms with Crippen LogP contribution in [0.3, 0.4) is 0 Å². The molecule has 0 amide bonds. The third-order valence-corrected chi connectivity index (χ3v) is 6.27. The Hall–Kier alpha value is -0.414. The zero-order valence-corrected chi connectivity index (χ0v) is 23.5. The van der Waals surface area contributed by atoms with Gasteiger partial charge < -0.3 is 9.84 Å². The Bertz CT molecular complexity index is 885. The van der Waals surface area contributed by atoms with Gasteiger partial charge in [-0.3, -0.25) is 4.55 Å². The second-order valence-corrected chi connectivity index (χ2v) is 9.50. The zero-order chi connectivity index (χ0) is 22.5. The molecular weight excluding hydrogens is 451 g/mol. The van der Waals surface area contributed by atoms with Gasteiger partial charge in [-0.2, -0.15) is 8.42 Å². The van der Waals surface area contributed by atoms with E-state index in [0.717, 1.165) is 25.3 Å². The van der Waals surface area contributed by atoms with Crippen LogP contribution < -0.4 is 61.2 Å². The molecule has 0 atom stereocenters. The van der Waals surface area contributed by atoms with Crippen molar-refractivity contribution in [2.45, 2.75) is 88.9 Å². The Morgan fingerprint density at radius 2 is 1.38 bits per heavy atom. The summed E-state index contributed by atoms with van der Waals surface area (Å²) in [6, 6.07) is 11.1. The minimum Gasteiger partial charge on any atom is -0.872 e. The van der Waals surface area contributed by atoms with E-state index in [9.17, 15) is 18.1 Å². The molecule has 0 saturated carbocycles. The number of benzene rings is 2. The van der Waals surface area contributed by atoms with Gasteiger partial charge in [0, 0.05) is 6.07 Å². The summed E-state index contributed by atoms with van der Waals surface area (Å²) < 4.78 is 38.2. The summed E-state index contributed by atoms with van der Waals surface area (Å²) in [5.74, 6) is 0.279. The van der Waals surface area contributed by atoms with E-state index in [1.165, 1.54) is 57.4 Å². The Morgan fingerprint density at radius 3 is 1.91 bits per heavy atom. The van der Waals surface area contributed by atoms with Gasteiger partial charge in [-0.1, -0.05) is 89.3 Å². The fourth-order valence-electron chi connectivity index (χ4n) is 3.66. The van der Waals surface area contributed by atoms with Crippen molar-refractivity contribution >= 4 is 10.1 Å². The maximum absolute atomic E-state index is 12.6. The van der Waals surface area contributed by atoms with E-state index in [0.29, 0.717) is 17.7 Å². The van der Waals surface area contributed by atoms with E-state index < -0.39 is 20.8 Å². The number of ether oxygens (including phenoxy) is 1. The standard InChI is InChI=1S/C25H36O5S.K/c1-2-3-4-5-6-7-8-9-10-11-15-18-23-24(26)19-22(31(27,28)29)20-25(23)30-21-16-13-12-14-17-21;/h12-14,16-17,19-20,26H,2-11,15,18H2,1H3,(H,27,28,29);/q;+1/p-1. The van der Waals surface area contributed by atoms with E-state index in [-0.39, 0.29) is 57.1 Å². The van der Waals surface area contributed by atoms with Crippen LogP contribution in [0.4, 0.5) is 0 Å². The Labute approximate surface area is 236 Å². The van der Waals surface area contributed by atoms with Gasteiger partial charge in [-0.25, -0.2) is 0 Å². The zero-order valence-electron chi connectivity index (χ0n) is 19.5. The number of unbranched alkanes of at least 4 members (excludes halogenated alkanes) is 10. The first-order chi connectivity index (χ1) is 14.9. The third-order valence-electron chi connectivity index (χ3n) is 5.44. The molecule has 172 valence electrons. The molecule has 0 saturated heterocycles. The molecular formula is C25H35KO5S. The molecule has 32 heavy (non-hydrogen) atoms. The van der Waals surface area contributed by atoms with Gasteiger partial charge in [0.25, 0.3) is 10.1 Å². The summed E-state index contributed by atoms with van der Waals surface area (Å²) >= 11 is 0. The van der Waals surface area contributed by atoms with Crippen LogP contribution >= 0.6 is 0 Å². The molecule has 0 aliphatic heterocycles. The molecule has 2 aromatic carbocycles. The molecule has 0 aromatic heterocycles. The van der Waals surface area contributed by atoms with Gasteiger partial charge in [-0.05, 0) is 36.6 Å². The third kappa shape index (κ3) is 11.1. The van der Waals surface area contributed by atoms with Crippen LogP contribution in [0.25, 0.3) is 0 Å². The summed E-state index contributed by atoms with van der Waals surface area (Å²) in [4.78, 5) is -0.439. The van der Waals surface area contributed by atoms with Crippen LogP contribution in [0, 0.1) is 0 Å². The predicted octanol–water partition coefficient (Wildman–Crippen LogP) is 3.66. The molecule has 2 aromatic rings. The van der Waals surface area contributed by atoms with Crippen molar-refractivity contribution < 1.29 is 74.2 Å². The van der Waals surface area contributed by atoms with Crippen molar-refractivity contribution in [3.63, 3.8) is 0 Å². The Morgan fingerprint density at radius 1 is 0.844 bits per heavy atom. The minimum atomic E-state index is -4.48. The van der Waals surface area contributed by atoms with Crippen molar-refractivity contribution in [1.82, 2.24) is 0 Å². The normalized spacial score (nSPS) is 11.2. The average Bonchev–Trinajstić information content (AvgIpc) is 2.73. The average molecular weight is 487 g/mol. The first kappa shape index (κ1) is 29.6. The molecule has 0 radical (unpaired) electrons. The van der Waals surface area contributed by atoms with E-state index in [2.05, 4.69) is 6.92 Å². The molecule has 1 N–H and O–H groups in total. The van der Waals surface area contributed by atoms with Crippen molar-refractivity contribution in [3.8, 4) is 17.2 Å². The maximum atomic E-state index is 12.6. The number of para-hydroxylation sites is 1. The van der Waals surface area contributed by atoms with Gasteiger partial charge in [0.05, 0.1) is 4.90 Å². The maximum Gasteiger partial charge on any atom is 1.00 e. The number of hydrogen-bond acceptors (Lipinski definition) is 4. The van der Waals surface area contributed by atoms with Crippen LogP contribution in [0.2, 0.25) is 0 Å². The summed E-state index contributed by atoms with van der Waals surface area (Å²) in [7, 11) is -4.48. The number of hydrogen-bond donors (Lipinski definition) is 1. The first-order valence-corrected chi connectivity index (χ1v) is 12.9. The second-order valence-electron chi connectivity index (χ2n) is 8.07. The van der Waals surface area contributed by atoms with Crippen molar-refractivity contribution in [3.05, 3.63) is 48.0 Å². The fourth-order valence-corrected chi connectivity index (χ4v) is 4.18. The monoisotopic (exact) mass is 486 g/mol. The first-order valence-electron chi connectivity index (χ1n) is 11.5. The predicted molar refractivity (Wildman–Crippen MR) is 122 cm³/mol. The molecule has 0 aliphatic carbocycles. The van der Waals surface area contributed by atoms with Gasteiger partial charge in [0.1, 0.15) is 11.5 Å². The molecule has 5 nitrogen and oxygen atoms in total. The smallest absolute Gasteiger partial charge is 0.872 e. The van der Waals surface area contributed by atoms with Gasteiger partial charge in [0.2, 0.25) is 0 Å². The van der Waals surface area contributed by atoms with E-state index in [1.807, 2.05) is 6.07 Å². The molecule has 0 aliphatic rings. The molecule has 0 heterocycles. The van der Waals surface area contributed by atoms with Crippen LogP contribution in [-0.2, 0) is 16.5 Å². The van der Waals surface area contributed by atoms with Crippen LogP contribution in [-0.4, -0.2) is 13.0 Å². The molecule has 0 spiro atoms. The van der Waals surface area contributed by atoms with Gasteiger partial charge in [-0.15, -0.1) is 5.75 Å². The quantitative estimate of drug-likeness (QED) is 0.236. The molecule has 0 unspecified atom stereocenters. The van der Waals surface area contributed by atoms with Crippen LogP contribution in [0.15, 0.2) is 47.4 Å². The Balaban J connectivity index is 0.00000512. The van der Waals surface area contributed by atoms with E-state index in [4.69, 9.17) is 4.74 Å². The molecule has 0 fully saturated rings. The Kier molecular flexibility index (Phi) is 15.0. The van der Waals surface area contributed by atoms with E-state index >= 15 is 0 Å². The second kappa shape index (κ2) is 16.3. The summed E-state index contributed by atoms with van der Waals surface area (Å²) in [6.45, 7) is 2.23. The minimum absolute atomic E-state index is 0. The molecule has 2 rings (SSSR count). The summed E-state index contributed by atoms with van der Waals surface area (Å²) in [5, 5.41) is 12.6. The molecule has 7 heteroatoms. The fraction of sp³-hybridized carbons (Fsp3) is 0.520. The topological polar surface area (TPSA) is 86.7 Å². The van der Waals surface area contributed by atoms with E-state index in [1.54, 1.807) is 24.3 Å². The van der Waals surface area contributed by atoms with Crippen molar-refractivity contribution in [2.75, 3.05) is 0 Å². The SMILES string of the molecule is CCCCCCCCCCCCCc1c([O-])cc(S(=O)(=O)O)cc1Oc1ccccc1.[K+]. The van der Waals surface area contributed by atoms with Crippen LogP contribution in [0.1, 0.15) is 83.1 Å². The van der Waals surface area contributed by atoms with Crippen molar-refractivity contribution in [2.24, 2.45) is 0 Å². The molecule has 0 bridgehead atoms. The van der Waals surface area contributed by atoms with Gasteiger partial charge >= 0.3 is 51.4 Å². The van der Waals surface area contributed by atoms with Crippen LogP contribution in [0.5, 0.6) is 17.2 Å². The number of rotatable bonds is 15. The van der Waals surface area contributed by atoms with Crippen molar-refractivity contribution in [1.29, 1.82) is 0 Å². The summed E-state index contributed by atoms with van der Waals surface area (Å²) in [5.41, 5.74) is 0.451.